The minimum Gasteiger partial charge on any atom is -0.347 e. The Morgan fingerprint density at radius 3 is 2.68 bits per heavy atom. The van der Waals surface area contributed by atoms with E-state index in [1.54, 1.807) is 18.2 Å². The summed E-state index contributed by atoms with van der Waals surface area (Å²) in [6.45, 7) is 4.05. The molecule has 0 aliphatic heterocycles. The van der Waals surface area contributed by atoms with Gasteiger partial charge in [-0.2, -0.15) is 9.49 Å². The van der Waals surface area contributed by atoms with Crippen molar-refractivity contribution in [2.75, 3.05) is 0 Å². The van der Waals surface area contributed by atoms with Gasteiger partial charge in [-0.15, -0.1) is 0 Å². The van der Waals surface area contributed by atoms with E-state index in [1.807, 2.05) is 55.8 Å². The largest absolute Gasteiger partial charge is 0.347 e. The highest BCUT2D eigenvalue weighted by atomic mass is 32.2. The maximum absolute atomic E-state index is 13.9. The Morgan fingerprint density at radius 2 is 1.88 bits per heavy atom. The molecule has 7 nitrogen and oxygen atoms in total. The van der Waals surface area contributed by atoms with Crippen LogP contribution in [0.3, 0.4) is 0 Å². The molecule has 2 aromatic carbocycles. The number of pyridine rings is 1. The van der Waals surface area contributed by atoms with Gasteiger partial charge < -0.3 is 14.9 Å². The molecule has 172 valence electrons. The van der Waals surface area contributed by atoms with Gasteiger partial charge in [0, 0.05) is 40.2 Å². The molecule has 0 bridgehead atoms. The molecule has 3 N–H and O–H groups in total. The van der Waals surface area contributed by atoms with E-state index in [2.05, 4.69) is 20.5 Å². The number of halogens is 1. The number of H-pyrrole nitrogens is 2. The molecule has 5 rings (SSSR count). The van der Waals surface area contributed by atoms with Crippen LogP contribution in [0, 0.1) is 19.8 Å². The molecule has 0 radical (unpaired) electrons. The lowest BCUT2D eigenvalue weighted by molar-refractivity contribution is 0.0942. The molecule has 34 heavy (non-hydrogen) atoms. The first-order chi connectivity index (χ1) is 16.3. The molecule has 0 aliphatic rings. The molecule has 0 atom stereocenters. The van der Waals surface area contributed by atoms with Gasteiger partial charge >= 0.3 is 0 Å². The van der Waals surface area contributed by atoms with Crippen molar-refractivity contribution in [1.82, 2.24) is 25.1 Å². The maximum atomic E-state index is 13.9. The first-order valence-corrected chi connectivity index (χ1v) is 11.5. The molecular formula is C25H22FN5O2S. The van der Waals surface area contributed by atoms with E-state index < -0.39 is 5.95 Å². The third kappa shape index (κ3) is 3.77. The maximum Gasteiger partial charge on any atom is 0.268 e. The number of carbonyl (C=O) groups excluding carboxylic acids is 1. The summed E-state index contributed by atoms with van der Waals surface area (Å²) in [5.41, 5.74) is 3.47. The van der Waals surface area contributed by atoms with E-state index in [0.717, 1.165) is 32.1 Å². The number of nitrogens with zero attached hydrogens (tertiary/aromatic N) is 2. The van der Waals surface area contributed by atoms with Gasteiger partial charge in [-0.3, -0.25) is 14.7 Å². The van der Waals surface area contributed by atoms with Crippen molar-refractivity contribution >= 4 is 39.3 Å². The van der Waals surface area contributed by atoms with E-state index >= 15 is 0 Å². The van der Waals surface area contributed by atoms with Crippen LogP contribution in [0.25, 0.3) is 21.7 Å². The number of fused-ring (bicyclic) bond motifs is 2. The second-order valence-electron chi connectivity index (χ2n) is 8.14. The summed E-state index contributed by atoms with van der Waals surface area (Å²) < 4.78 is 15.7. The van der Waals surface area contributed by atoms with Gasteiger partial charge in [0.2, 0.25) is 5.95 Å². The van der Waals surface area contributed by atoms with Crippen molar-refractivity contribution in [3.05, 3.63) is 87.5 Å². The number of amides is 1. The Bertz CT molecular complexity index is 1630. The topological polar surface area (TPSA) is 95.6 Å². The fraction of sp³-hybridized carbons (Fsp3) is 0.160. The minimum atomic E-state index is -0.465. The smallest absolute Gasteiger partial charge is 0.268 e. The number of aromatic nitrogens is 4. The lowest BCUT2D eigenvalue weighted by Gasteiger charge is -2.12. The van der Waals surface area contributed by atoms with E-state index in [4.69, 9.17) is 0 Å². The predicted octanol–water partition coefficient (Wildman–Crippen LogP) is 4.58. The second kappa shape index (κ2) is 8.49. The average molecular weight is 476 g/mol. The fourth-order valence-corrected chi connectivity index (χ4v) is 5.11. The summed E-state index contributed by atoms with van der Waals surface area (Å²) in [7, 11) is 1.84. The number of rotatable bonds is 5. The van der Waals surface area contributed by atoms with Gasteiger partial charge in [0.05, 0.1) is 10.9 Å². The van der Waals surface area contributed by atoms with Crippen LogP contribution in [0.2, 0.25) is 0 Å². The fourth-order valence-electron chi connectivity index (χ4n) is 4.09. The van der Waals surface area contributed by atoms with Crippen molar-refractivity contribution in [2.45, 2.75) is 30.2 Å². The lowest BCUT2D eigenvalue weighted by Crippen LogP contribution is -2.26. The van der Waals surface area contributed by atoms with Crippen molar-refractivity contribution in [1.29, 1.82) is 0 Å². The van der Waals surface area contributed by atoms with Gasteiger partial charge in [0.15, 0.2) is 0 Å². The zero-order valence-electron chi connectivity index (χ0n) is 18.8. The Balaban J connectivity index is 1.39. The third-order valence-corrected chi connectivity index (χ3v) is 7.23. The predicted molar refractivity (Wildman–Crippen MR) is 131 cm³/mol. The van der Waals surface area contributed by atoms with Crippen LogP contribution in [-0.4, -0.2) is 25.7 Å². The van der Waals surface area contributed by atoms with Crippen LogP contribution >= 0.6 is 11.8 Å². The Labute approximate surface area is 198 Å². The molecule has 0 saturated carbocycles. The summed E-state index contributed by atoms with van der Waals surface area (Å²) >= 11 is 1.47. The monoisotopic (exact) mass is 475 g/mol. The quantitative estimate of drug-likeness (QED) is 0.347. The highest BCUT2D eigenvalue weighted by Crippen LogP contribution is 2.34. The summed E-state index contributed by atoms with van der Waals surface area (Å²) in [5, 5.41) is 11.1. The molecule has 0 fully saturated rings. The molecule has 0 spiro atoms. The number of hydrogen-bond acceptors (Lipinski definition) is 4. The summed E-state index contributed by atoms with van der Waals surface area (Å²) in [6.07, 6.45) is 0. The number of nitrogens with one attached hydrogen (secondary N) is 3. The van der Waals surface area contributed by atoms with E-state index in [1.165, 1.54) is 11.8 Å². The second-order valence-corrected chi connectivity index (χ2v) is 9.26. The highest BCUT2D eigenvalue weighted by Gasteiger charge is 2.18. The van der Waals surface area contributed by atoms with Crippen LogP contribution in [-0.2, 0) is 13.6 Å². The first-order valence-electron chi connectivity index (χ1n) is 10.7. The van der Waals surface area contributed by atoms with E-state index in [0.29, 0.717) is 22.0 Å². The minimum absolute atomic E-state index is 0.142. The normalized spacial score (nSPS) is 11.4. The molecule has 5 aromatic rings. The highest BCUT2D eigenvalue weighted by molar-refractivity contribution is 7.99. The SMILES string of the molecule is Cc1[nH]c(=O)c2ccccc2c1CNC(=O)c1cc(Sc2ccc3n[nH]c(F)c3c2)c(C)n1C. The molecule has 1 amide bonds. The number of hydrogen-bond donors (Lipinski definition) is 3. The van der Waals surface area contributed by atoms with Crippen LogP contribution in [0.4, 0.5) is 4.39 Å². The van der Waals surface area contributed by atoms with Crippen molar-refractivity contribution in [2.24, 2.45) is 7.05 Å². The zero-order chi connectivity index (χ0) is 24.0. The number of carbonyl (C=O) groups is 1. The number of aryl methyl sites for hydroxylation is 1. The molecule has 3 heterocycles. The summed E-state index contributed by atoms with van der Waals surface area (Å²) in [5.74, 6) is -0.684. The molecular weight excluding hydrogens is 453 g/mol. The van der Waals surface area contributed by atoms with Gasteiger partial charge in [-0.1, -0.05) is 30.0 Å². The van der Waals surface area contributed by atoms with Crippen molar-refractivity contribution in [3.63, 3.8) is 0 Å². The summed E-state index contributed by atoms with van der Waals surface area (Å²) in [4.78, 5) is 29.9. The van der Waals surface area contributed by atoms with Gasteiger partial charge in [0.25, 0.3) is 11.5 Å². The molecule has 0 aliphatic carbocycles. The molecule has 0 unspecified atom stereocenters. The van der Waals surface area contributed by atoms with Crippen molar-refractivity contribution in [3.8, 4) is 0 Å². The number of aromatic amines is 2. The Hall–Kier alpha value is -3.85. The van der Waals surface area contributed by atoms with Crippen molar-refractivity contribution < 1.29 is 9.18 Å². The Morgan fingerprint density at radius 1 is 1.12 bits per heavy atom. The van der Waals surface area contributed by atoms with Crippen LogP contribution < -0.4 is 10.9 Å². The van der Waals surface area contributed by atoms with Gasteiger partial charge in [0.1, 0.15) is 5.69 Å². The Kier molecular flexibility index (Phi) is 5.49. The molecule has 3 aromatic heterocycles. The standard InChI is InChI=1S/C25H22FN5O2S/c1-13-19(16-6-4-5-7-17(16)24(32)28-13)12-27-25(33)21-11-22(14(2)31(21)3)34-15-8-9-20-18(10-15)23(26)30-29-20/h4-11H,12H2,1-3H3,(H,27,33)(H,28,32)(H,29,30). The van der Waals surface area contributed by atoms with Gasteiger partial charge in [-0.05, 0) is 55.1 Å². The van der Waals surface area contributed by atoms with Crippen LogP contribution in [0.15, 0.2) is 63.1 Å². The van der Waals surface area contributed by atoms with Crippen LogP contribution in [0.1, 0.15) is 27.4 Å². The average Bonchev–Trinajstić information content (AvgIpc) is 3.33. The first kappa shape index (κ1) is 22.0. The van der Waals surface area contributed by atoms with Crippen LogP contribution in [0.5, 0.6) is 0 Å². The van der Waals surface area contributed by atoms with E-state index in [-0.39, 0.29) is 18.0 Å². The summed E-state index contributed by atoms with van der Waals surface area (Å²) in [6, 6.07) is 14.6. The molecule has 9 heteroatoms. The number of benzene rings is 2. The van der Waals surface area contributed by atoms with E-state index in [9.17, 15) is 14.0 Å². The van der Waals surface area contributed by atoms with Gasteiger partial charge in [-0.25, -0.2) is 0 Å². The lowest BCUT2D eigenvalue weighted by atomic mass is 10.0. The zero-order valence-corrected chi connectivity index (χ0v) is 19.6. The molecule has 0 saturated heterocycles. The third-order valence-electron chi connectivity index (χ3n) is 6.10.